The molecule has 2 aromatic heterocycles. The highest BCUT2D eigenvalue weighted by atomic mass is 32.1. The SMILES string of the molecule is CNc1nc(CNc2nc(N(C)C)cc(C(F)(F)F)n2)cs1. The average molecular weight is 332 g/mol. The third kappa shape index (κ3) is 3.97. The van der Waals surface area contributed by atoms with Gasteiger partial charge in [0.25, 0.3) is 0 Å². The maximum atomic E-state index is 12.9. The molecule has 0 atom stereocenters. The van der Waals surface area contributed by atoms with Crippen molar-refractivity contribution in [3.8, 4) is 0 Å². The van der Waals surface area contributed by atoms with Gasteiger partial charge in [0.1, 0.15) is 5.82 Å². The normalized spacial score (nSPS) is 11.4. The van der Waals surface area contributed by atoms with Gasteiger partial charge >= 0.3 is 6.18 Å². The number of nitrogens with one attached hydrogen (secondary N) is 2. The molecule has 0 saturated heterocycles. The first-order chi connectivity index (χ1) is 10.3. The molecule has 0 spiro atoms. The van der Waals surface area contributed by atoms with E-state index in [1.165, 1.54) is 16.2 Å². The fourth-order valence-electron chi connectivity index (χ4n) is 1.56. The second-order valence-corrected chi connectivity index (χ2v) is 5.43. The third-order valence-corrected chi connectivity index (χ3v) is 3.56. The minimum Gasteiger partial charge on any atom is -0.365 e. The second kappa shape index (κ2) is 6.34. The van der Waals surface area contributed by atoms with Crippen LogP contribution in [0.3, 0.4) is 0 Å². The van der Waals surface area contributed by atoms with Gasteiger partial charge in [-0.3, -0.25) is 0 Å². The van der Waals surface area contributed by atoms with E-state index in [9.17, 15) is 13.2 Å². The Morgan fingerprint density at radius 2 is 1.95 bits per heavy atom. The molecule has 0 radical (unpaired) electrons. The van der Waals surface area contributed by atoms with Gasteiger partial charge in [-0.1, -0.05) is 0 Å². The fourth-order valence-corrected chi connectivity index (χ4v) is 2.23. The Kier molecular flexibility index (Phi) is 4.69. The molecule has 0 saturated carbocycles. The van der Waals surface area contributed by atoms with E-state index in [0.29, 0.717) is 5.69 Å². The molecule has 0 amide bonds. The summed E-state index contributed by atoms with van der Waals surface area (Å²) in [5.74, 6) is 0.0940. The van der Waals surface area contributed by atoms with Crippen molar-refractivity contribution in [2.45, 2.75) is 12.7 Å². The molecule has 10 heteroatoms. The molecule has 0 bridgehead atoms. The van der Waals surface area contributed by atoms with Crippen LogP contribution in [-0.2, 0) is 12.7 Å². The Balaban J connectivity index is 2.20. The summed E-state index contributed by atoms with van der Waals surface area (Å²) in [4.78, 5) is 13.3. The summed E-state index contributed by atoms with van der Waals surface area (Å²) in [6.07, 6.45) is -4.52. The monoisotopic (exact) mass is 332 g/mol. The molecule has 2 heterocycles. The summed E-state index contributed by atoms with van der Waals surface area (Å²) in [6.45, 7) is 0.242. The number of anilines is 3. The van der Waals surface area contributed by atoms with Gasteiger partial charge in [-0.15, -0.1) is 11.3 Å². The van der Waals surface area contributed by atoms with Gasteiger partial charge in [-0.2, -0.15) is 18.2 Å². The van der Waals surface area contributed by atoms with Crippen molar-refractivity contribution in [3.63, 3.8) is 0 Å². The minimum atomic E-state index is -4.52. The number of halogens is 3. The maximum Gasteiger partial charge on any atom is 0.433 e. The van der Waals surface area contributed by atoms with Crippen molar-refractivity contribution in [1.29, 1.82) is 0 Å². The third-order valence-electron chi connectivity index (χ3n) is 2.65. The summed E-state index contributed by atoms with van der Waals surface area (Å²) >= 11 is 1.41. The van der Waals surface area contributed by atoms with Crippen LogP contribution in [0.2, 0.25) is 0 Å². The Morgan fingerprint density at radius 3 is 2.50 bits per heavy atom. The van der Waals surface area contributed by atoms with Crippen molar-refractivity contribution < 1.29 is 13.2 Å². The number of thiazole rings is 1. The molecule has 2 aromatic rings. The van der Waals surface area contributed by atoms with Crippen LogP contribution >= 0.6 is 11.3 Å². The zero-order valence-electron chi connectivity index (χ0n) is 12.2. The van der Waals surface area contributed by atoms with Crippen molar-refractivity contribution in [1.82, 2.24) is 15.0 Å². The zero-order valence-corrected chi connectivity index (χ0v) is 13.0. The highest BCUT2D eigenvalue weighted by Gasteiger charge is 2.34. The number of nitrogens with zero attached hydrogens (tertiary/aromatic N) is 4. The van der Waals surface area contributed by atoms with Crippen molar-refractivity contribution in [2.24, 2.45) is 0 Å². The van der Waals surface area contributed by atoms with Crippen LogP contribution < -0.4 is 15.5 Å². The highest BCUT2D eigenvalue weighted by Crippen LogP contribution is 2.30. The quantitative estimate of drug-likeness (QED) is 0.878. The van der Waals surface area contributed by atoms with Gasteiger partial charge in [0.05, 0.1) is 12.2 Å². The number of hydrogen-bond donors (Lipinski definition) is 2. The maximum absolute atomic E-state index is 12.9. The molecule has 0 aromatic carbocycles. The predicted molar refractivity (Wildman–Crippen MR) is 80.3 cm³/mol. The van der Waals surface area contributed by atoms with Crippen LogP contribution in [0.4, 0.5) is 30.1 Å². The van der Waals surface area contributed by atoms with E-state index >= 15 is 0 Å². The van der Waals surface area contributed by atoms with Crippen LogP contribution in [0.15, 0.2) is 11.4 Å². The van der Waals surface area contributed by atoms with Gasteiger partial charge in [0, 0.05) is 32.6 Å². The van der Waals surface area contributed by atoms with E-state index in [-0.39, 0.29) is 18.3 Å². The molecule has 0 aliphatic rings. The number of rotatable bonds is 5. The highest BCUT2D eigenvalue weighted by molar-refractivity contribution is 7.13. The Labute approximate surface area is 129 Å². The average Bonchev–Trinajstić information content (AvgIpc) is 2.92. The summed E-state index contributed by atoms with van der Waals surface area (Å²) < 4.78 is 38.6. The first-order valence-corrected chi connectivity index (χ1v) is 7.17. The predicted octanol–water partition coefficient (Wildman–Crippen LogP) is 2.67. The lowest BCUT2D eigenvalue weighted by atomic mass is 10.3. The molecule has 0 aliphatic carbocycles. The molecule has 0 unspecified atom stereocenters. The lowest BCUT2D eigenvalue weighted by molar-refractivity contribution is -0.141. The van der Waals surface area contributed by atoms with Crippen LogP contribution in [0.5, 0.6) is 0 Å². The smallest absolute Gasteiger partial charge is 0.365 e. The summed E-state index contributed by atoms with van der Waals surface area (Å²) in [5, 5.41) is 8.20. The molecule has 6 nitrogen and oxygen atoms in total. The van der Waals surface area contributed by atoms with E-state index < -0.39 is 11.9 Å². The first-order valence-electron chi connectivity index (χ1n) is 6.29. The van der Waals surface area contributed by atoms with E-state index in [0.717, 1.165) is 11.2 Å². The number of aromatic nitrogens is 3. The lowest BCUT2D eigenvalue weighted by Gasteiger charge is -2.15. The minimum absolute atomic E-state index is 0.0856. The van der Waals surface area contributed by atoms with Crippen molar-refractivity contribution >= 4 is 28.2 Å². The van der Waals surface area contributed by atoms with Gasteiger partial charge in [-0.05, 0) is 0 Å². The van der Waals surface area contributed by atoms with Crippen LogP contribution in [-0.4, -0.2) is 36.1 Å². The number of alkyl halides is 3. The standard InChI is InChI=1S/C12H15F3N6S/c1-16-11-18-7(6-22-11)5-17-10-19-8(12(13,14)15)4-9(20-10)21(2)3/h4,6H,5H2,1-3H3,(H,16,18)(H,17,19,20). The molecule has 0 fully saturated rings. The second-order valence-electron chi connectivity index (χ2n) is 4.57. The molecular formula is C12H15F3N6S. The van der Waals surface area contributed by atoms with Crippen molar-refractivity contribution in [2.75, 3.05) is 36.7 Å². The van der Waals surface area contributed by atoms with Gasteiger partial charge in [-0.25, -0.2) is 9.97 Å². The molecule has 22 heavy (non-hydrogen) atoms. The van der Waals surface area contributed by atoms with Crippen LogP contribution in [0.25, 0.3) is 0 Å². The van der Waals surface area contributed by atoms with Gasteiger partial charge in [0.15, 0.2) is 10.8 Å². The summed E-state index contributed by atoms with van der Waals surface area (Å²) in [7, 11) is 4.98. The van der Waals surface area contributed by atoms with E-state index in [2.05, 4.69) is 25.6 Å². The van der Waals surface area contributed by atoms with Gasteiger partial charge < -0.3 is 15.5 Å². The summed E-state index contributed by atoms with van der Waals surface area (Å²) in [6, 6.07) is 0.910. The Morgan fingerprint density at radius 1 is 1.23 bits per heavy atom. The summed E-state index contributed by atoms with van der Waals surface area (Å²) in [5.41, 5.74) is -0.287. The first kappa shape index (κ1) is 16.3. The molecule has 0 aliphatic heterocycles. The van der Waals surface area contributed by atoms with Crippen LogP contribution in [0, 0.1) is 0 Å². The molecular weight excluding hydrogens is 317 g/mol. The number of hydrogen-bond acceptors (Lipinski definition) is 7. The molecule has 2 N–H and O–H groups in total. The Bertz CT molecular complexity index is 640. The molecule has 2 rings (SSSR count). The van der Waals surface area contributed by atoms with Crippen molar-refractivity contribution in [3.05, 3.63) is 22.8 Å². The van der Waals surface area contributed by atoms with E-state index in [1.54, 1.807) is 26.5 Å². The fraction of sp³-hybridized carbons (Fsp3) is 0.417. The van der Waals surface area contributed by atoms with Gasteiger partial charge in [0.2, 0.25) is 5.95 Å². The lowest BCUT2D eigenvalue weighted by Crippen LogP contribution is -2.17. The van der Waals surface area contributed by atoms with E-state index in [4.69, 9.17) is 0 Å². The Hall–Kier alpha value is -2.10. The topological polar surface area (TPSA) is 66.0 Å². The largest absolute Gasteiger partial charge is 0.433 e. The van der Waals surface area contributed by atoms with E-state index in [1.807, 2.05) is 0 Å². The van der Waals surface area contributed by atoms with Crippen LogP contribution in [0.1, 0.15) is 11.4 Å². The zero-order chi connectivity index (χ0) is 16.3. The molecule has 120 valence electrons.